The summed E-state index contributed by atoms with van der Waals surface area (Å²) >= 11 is 12.3. The van der Waals surface area contributed by atoms with Crippen molar-refractivity contribution in [3.05, 3.63) is 33.8 Å². The normalized spacial score (nSPS) is 37.5. The van der Waals surface area contributed by atoms with Crippen LogP contribution in [0.5, 0.6) is 0 Å². The van der Waals surface area contributed by atoms with Gasteiger partial charge in [0.05, 0.1) is 0 Å². The van der Waals surface area contributed by atoms with E-state index in [-0.39, 0.29) is 0 Å². The molecular weight excluding hydrogens is 313 g/mol. The summed E-state index contributed by atoms with van der Waals surface area (Å²) in [6, 6.07) is 6.40. The van der Waals surface area contributed by atoms with Gasteiger partial charge in [-0.1, -0.05) is 29.3 Å². The topological polar surface area (TPSA) is 12.0 Å². The molecule has 4 aliphatic carbocycles. The molecule has 4 fully saturated rings. The third-order valence-corrected chi connectivity index (χ3v) is 7.20. The zero-order valence-corrected chi connectivity index (χ0v) is 14.8. The Bertz CT molecular complexity index is 533. The first kappa shape index (κ1) is 15.3. The van der Waals surface area contributed by atoms with Gasteiger partial charge in [-0.25, -0.2) is 0 Å². The molecule has 0 aromatic heterocycles. The van der Waals surface area contributed by atoms with Crippen molar-refractivity contribution in [2.24, 2.45) is 23.2 Å². The van der Waals surface area contributed by atoms with E-state index in [4.69, 9.17) is 23.2 Å². The maximum atomic E-state index is 6.31. The third kappa shape index (κ3) is 2.70. The smallest absolute Gasteiger partial charge is 0.0465 e. The fraction of sp³-hybridized carbons (Fsp3) is 0.684. The van der Waals surface area contributed by atoms with Crippen LogP contribution in [0.4, 0.5) is 0 Å². The van der Waals surface area contributed by atoms with Crippen LogP contribution < -0.4 is 5.32 Å². The summed E-state index contributed by atoms with van der Waals surface area (Å²) in [7, 11) is 0. The van der Waals surface area contributed by atoms with Crippen molar-refractivity contribution in [2.75, 3.05) is 0 Å². The molecule has 1 N–H and O–H groups in total. The van der Waals surface area contributed by atoms with Crippen LogP contribution in [0.2, 0.25) is 10.0 Å². The van der Waals surface area contributed by atoms with E-state index < -0.39 is 0 Å². The number of rotatable bonds is 4. The maximum Gasteiger partial charge on any atom is 0.0465 e. The number of benzene rings is 1. The second kappa shape index (κ2) is 5.69. The molecule has 22 heavy (non-hydrogen) atoms. The lowest BCUT2D eigenvalue weighted by molar-refractivity contribution is -0.0706. The Hall–Kier alpha value is -0.240. The minimum Gasteiger partial charge on any atom is -0.310 e. The molecule has 120 valence electrons. The van der Waals surface area contributed by atoms with E-state index in [1.54, 1.807) is 0 Å². The fourth-order valence-electron chi connectivity index (χ4n) is 5.85. The Morgan fingerprint density at radius 1 is 1.09 bits per heavy atom. The van der Waals surface area contributed by atoms with E-state index in [2.05, 4.69) is 12.2 Å². The van der Waals surface area contributed by atoms with Crippen LogP contribution in [-0.2, 0) is 6.54 Å². The Kier molecular flexibility index (Phi) is 3.95. The second-order valence-corrected chi connectivity index (χ2v) is 8.96. The Labute approximate surface area is 143 Å². The van der Waals surface area contributed by atoms with Crippen molar-refractivity contribution < 1.29 is 0 Å². The highest BCUT2D eigenvalue weighted by atomic mass is 35.5. The summed E-state index contributed by atoms with van der Waals surface area (Å²) in [6.07, 6.45) is 8.86. The molecule has 4 saturated carbocycles. The SMILES string of the molecule is C[C@H](NCc1ccc(Cl)cc1Cl)C12CC3CC(CC(C3)C1)C2. The molecule has 1 nitrogen and oxygen atoms in total. The van der Waals surface area contributed by atoms with Crippen LogP contribution in [0.15, 0.2) is 18.2 Å². The molecule has 4 bridgehead atoms. The Morgan fingerprint density at radius 2 is 1.68 bits per heavy atom. The molecule has 0 saturated heterocycles. The van der Waals surface area contributed by atoms with Crippen LogP contribution in [0.25, 0.3) is 0 Å². The summed E-state index contributed by atoms with van der Waals surface area (Å²) in [5.74, 6) is 3.03. The highest BCUT2D eigenvalue weighted by Gasteiger charge is 2.52. The molecule has 1 aromatic rings. The number of halogens is 2. The molecule has 0 spiro atoms. The number of nitrogens with one attached hydrogen (secondary N) is 1. The van der Waals surface area contributed by atoms with Crippen LogP contribution in [-0.4, -0.2) is 6.04 Å². The average molecular weight is 338 g/mol. The first-order chi connectivity index (χ1) is 10.5. The predicted octanol–water partition coefficient (Wildman–Crippen LogP) is 5.69. The van der Waals surface area contributed by atoms with Gasteiger partial charge < -0.3 is 5.32 Å². The van der Waals surface area contributed by atoms with Gasteiger partial charge in [-0.3, -0.25) is 0 Å². The largest absolute Gasteiger partial charge is 0.310 e. The fourth-order valence-corrected chi connectivity index (χ4v) is 6.33. The minimum atomic E-state index is 0.549. The van der Waals surface area contributed by atoms with Crippen LogP contribution in [0.1, 0.15) is 51.0 Å². The van der Waals surface area contributed by atoms with Gasteiger partial charge in [0.15, 0.2) is 0 Å². The van der Waals surface area contributed by atoms with Crippen LogP contribution >= 0.6 is 23.2 Å². The van der Waals surface area contributed by atoms with E-state index >= 15 is 0 Å². The van der Waals surface area contributed by atoms with Gasteiger partial charge in [-0.15, -0.1) is 0 Å². The molecule has 0 heterocycles. The van der Waals surface area contributed by atoms with E-state index in [1.807, 2.05) is 18.2 Å². The summed E-state index contributed by atoms with van der Waals surface area (Å²) in [4.78, 5) is 0. The van der Waals surface area contributed by atoms with Crippen molar-refractivity contribution >= 4 is 23.2 Å². The molecule has 0 radical (unpaired) electrons. The molecule has 1 aromatic carbocycles. The summed E-state index contributed by atoms with van der Waals surface area (Å²) in [5, 5.41) is 5.28. The molecular formula is C19H25Cl2N. The first-order valence-electron chi connectivity index (χ1n) is 8.71. The van der Waals surface area contributed by atoms with E-state index in [1.165, 1.54) is 38.5 Å². The molecule has 3 heteroatoms. The van der Waals surface area contributed by atoms with Gasteiger partial charge in [0.1, 0.15) is 0 Å². The number of hydrogen-bond acceptors (Lipinski definition) is 1. The lowest BCUT2D eigenvalue weighted by Crippen LogP contribution is -2.54. The lowest BCUT2D eigenvalue weighted by atomic mass is 9.48. The van der Waals surface area contributed by atoms with Gasteiger partial charge in [0.25, 0.3) is 0 Å². The minimum absolute atomic E-state index is 0.549. The predicted molar refractivity (Wildman–Crippen MR) is 93.4 cm³/mol. The van der Waals surface area contributed by atoms with Gasteiger partial charge in [-0.05, 0) is 86.3 Å². The molecule has 5 rings (SSSR count). The highest BCUT2D eigenvalue weighted by Crippen LogP contribution is 2.61. The van der Waals surface area contributed by atoms with Gasteiger partial charge in [-0.2, -0.15) is 0 Å². The standard InChI is InChI=1S/C19H25Cl2N/c1-12(22-11-16-2-3-17(20)7-18(16)21)19-8-13-4-14(9-19)6-15(5-13)10-19/h2-3,7,12-15,22H,4-6,8-11H2,1H3/t12-,13?,14?,15?,19?/m0/s1. The van der Waals surface area contributed by atoms with Crippen LogP contribution in [0.3, 0.4) is 0 Å². The summed E-state index contributed by atoms with van der Waals surface area (Å²) in [5.41, 5.74) is 1.70. The monoisotopic (exact) mass is 337 g/mol. The van der Waals surface area contributed by atoms with Crippen molar-refractivity contribution in [3.8, 4) is 0 Å². The van der Waals surface area contributed by atoms with Crippen molar-refractivity contribution in [3.63, 3.8) is 0 Å². The molecule has 0 aliphatic heterocycles. The Balaban J connectivity index is 1.45. The zero-order chi connectivity index (χ0) is 15.3. The van der Waals surface area contributed by atoms with E-state index in [0.717, 1.165) is 34.9 Å². The molecule has 1 atom stereocenters. The average Bonchev–Trinajstić information content (AvgIpc) is 2.44. The first-order valence-corrected chi connectivity index (χ1v) is 9.47. The van der Waals surface area contributed by atoms with Gasteiger partial charge >= 0.3 is 0 Å². The van der Waals surface area contributed by atoms with E-state index in [0.29, 0.717) is 16.5 Å². The zero-order valence-electron chi connectivity index (χ0n) is 13.2. The number of hydrogen-bond donors (Lipinski definition) is 1. The second-order valence-electron chi connectivity index (χ2n) is 8.12. The highest BCUT2D eigenvalue weighted by molar-refractivity contribution is 6.35. The van der Waals surface area contributed by atoms with Crippen molar-refractivity contribution in [1.82, 2.24) is 5.32 Å². The van der Waals surface area contributed by atoms with Crippen molar-refractivity contribution in [2.45, 2.75) is 58.0 Å². The van der Waals surface area contributed by atoms with Gasteiger partial charge in [0.2, 0.25) is 0 Å². The summed E-state index contributed by atoms with van der Waals surface area (Å²) < 4.78 is 0. The third-order valence-electron chi connectivity index (χ3n) is 6.62. The van der Waals surface area contributed by atoms with Crippen molar-refractivity contribution in [1.29, 1.82) is 0 Å². The molecule has 0 amide bonds. The van der Waals surface area contributed by atoms with Crippen LogP contribution in [0, 0.1) is 23.2 Å². The Morgan fingerprint density at radius 3 is 2.23 bits per heavy atom. The maximum absolute atomic E-state index is 6.31. The lowest BCUT2D eigenvalue weighted by Gasteiger charge is -2.59. The summed E-state index contributed by atoms with van der Waals surface area (Å²) in [6.45, 7) is 3.25. The van der Waals surface area contributed by atoms with Gasteiger partial charge in [0, 0.05) is 22.6 Å². The molecule has 4 aliphatic rings. The quantitative estimate of drug-likeness (QED) is 0.744. The van der Waals surface area contributed by atoms with E-state index in [9.17, 15) is 0 Å². The molecule has 0 unspecified atom stereocenters.